The highest BCUT2D eigenvalue weighted by Crippen LogP contribution is 2.24. The van der Waals surface area contributed by atoms with Crippen LogP contribution in [0.25, 0.3) is 0 Å². The van der Waals surface area contributed by atoms with Gasteiger partial charge in [0.2, 0.25) is 0 Å². The number of ether oxygens (including phenoxy) is 2. The lowest BCUT2D eigenvalue weighted by atomic mass is 10.1. The second kappa shape index (κ2) is 6.80. The Labute approximate surface area is 131 Å². The molecule has 0 aliphatic carbocycles. The maximum absolute atomic E-state index is 12.3. The molecule has 1 heterocycles. The fraction of sp³-hybridized carbons (Fsp3) is 0.529. The molecule has 2 rings (SSSR count). The molecule has 1 aromatic carbocycles. The minimum atomic E-state index is -0.513. The number of carbonyl (C=O) groups excluding carboxylic acids is 1. The van der Waals surface area contributed by atoms with Crippen LogP contribution in [-0.4, -0.2) is 36.3 Å². The van der Waals surface area contributed by atoms with Gasteiger partial charge in [-0.05, 0) is 44.9 Å². The summed E-state index contributed by atoms with van der Waals surface area (Å²) in [5.41, 5.74) is 0.990. The number of carbonyl (C=O) groups is 1. The molecule has 0 saturated carbocycles. The van der Waals surface area contributed by atoms with Gasteiger partial charge in [0.05, 0.1) is 18.2 Å². The Balaban J connectivity index is 2.13. The Morgan fingerprint density at radius 2 is 2.23 bits per heavy atom. The highest BCUT2D eigenvalue weighted by Gasteiger charge is 2.27. The zero-order valence-corrected chi connectivity index (χ0v) is 13.3. The van der Waals surface area contributed by atoms with Crippen molar-refractivity contribution in [2.75, 3.05) is 19.7 Å². The second-order valence-electron chi connectivity index (χ2n) is 6.38. The SMILES string of the molecule is CC(C)(C)OC(=O)N1CCCO[C@@H](c2cccc(C#N)c2)C1. The maximum Gasteiger partial charge on any atom is 0.410 e. The van der Waals surface area contributed by atoms with Gasteiger partial charge >= 0.3 is 6.09 Å². The van der Waals surface area contributed by atoms with E-state index in [0.29, 0.717) is 25.3 Å². The van der Waals surface area contributed by atoms with E-state index in [9.17, 15) is 4.79 Å². The van der Waals surface area contributed by atoms with Gasteiger partial charge in [-0.3, -0.25) is 0 Å². The maximum atomic E-state index is 12.3. The van der Waals surface area contributed by atoms with E-state index in [-0.39, 0.29) is 12.2 Å². The van der Waals surface area contributed by atoms with Gasteiger partial charge in [-0.15, -0.1) is 0 Å². The van der Waals surface area contributed by atoms with Gasteiger partial charge in [-0.25, -0.2) is 4.79 Å². The number of rotatable bonds is 1. The fourth-order valence-corrected chi connectivity index (χ4v) is 2.33. The molecule has 1 fully saturated rings. The first-order chi connectivity index (χ1) is 10.4. The van der Waals surface area contributed by atoms with E-state index in [2.05, 4.69) is 6.07 Å². The van der Waals surface area contributed by atoms with Crippen LogP contribution in [0.2, 0.25) is 0 Å². The molecule has 0 bridgehead atoms. The molecule has 0 spiro atoms. The van der Waals surface area contributed by atoms with Crippen molar-refractivity contribution in [3.63, 3.8) is 0 Å². The molecule has 1 aliphatic heterocycles. The molecular weight excluding hydrogens is 280 g/mol. The van der Waals surface area contributed by atoms with E-state index in [4.69, 9.17) is 14.7 Å². The first-order valence-electron chi connectivity index (χ1n) is 7.48. The average Bonchev–Trinajstić information content (AvgIpc) is 2.71. The van der Waals surface area contributed by atoms with Gasteiger partial charge in [-0.2, -0.15) is 5.26 Å². The van der Waals surface area contributed by atoms with Crippen molar-refractivity contribution in [1.82, 2.24) is 4.90 Å². The number of benzene rings is 1. The number of amides is 1. The molecule has 1 saturated heterocycles. The van der Waals surface area contributed by atoms with E-state index in [1.54, 1.807) is 11.0 Å². The summed E-state index contributed by atoms with van der Waals surface area (Å²) in [6.07, 6.45) is 0.219. The first kappa shape index (κ1) is 16.3. The van der Waals surface area contributed by atoms with E-state index < -0.39 is 5.60 Å². The topological polar surface area (TPSA) is 62.6 Å². The van der Waals surface area contributed by atoms with E-state index in [1.807, 2.05) is 39.0 Å². The van der Waals surface area contributed by atoms with Gasteiger partial charge in [0.15, 0.2) is 0 Å². The van der Waals surface area contributed by atoms with Gasteiger partial charge in [0, 0.05) is 13.2 Å². The van der Waals surface area contributed by atoms with Crippen LogP contribution in [0.4, 0.5) is 4.79 Å². The summed E-state index contributed by atoms with van der Waals surface area (Å²) >= 11 is 0. The minimum Gasteiger partial charge on any atom is -0.444 e. The molecule has 118 valence electrons. The van der Waals surface area contributed by atoms with Crippen LogP contribution in [0.3, 0.4) is 0 Å². The molecule has 1 amide bonds. The van der Waals surface area contributed by atoms with Crippen molar-refractivity contribution in [1.29, 1.82) is 5.26 Å². The molecule has 1 aliphatic rings. The lowest BCUT2D eigenvalue weighted by Crippen LogP contribution is -2.38. The van der Waals surface area contributed by atoms with Crippen LogP contribution in [0, 0.1) is 11.3 Å². The lowest BCUT2D eigenvalue weighted by molar-refractivity contribution is 0.0140. The highest BCUT2D eigenvalue weighted by atomic mass is 16.6. The number of hydrogen-bond donors (Lipinski definition) is 0. The number of nitriles is 1. The third-order valence-corrected chi connectivity index (χ3v) is 3.32. The summed E-state index contributed by atoms with van der Waals surface area (Å²) in [4.78, 5) is 13.9. The molecule has 5 heteroatoms. The molecule has 0 aromatic heterocycles. The Morgan fingerprint density at radius 1 is 1.45 bits per heavy atom. The standard InChI is InChI=1S/C17H22N2O3/c1-17(2,3)22-16(20)19-8-5-9-21-15(12-19)14-7-4-6-13(10-14)11-18/h4,6-7,10,15H,5,8-9,12H2,1-3H3/t15-/m1/s1. The Kier molecular flexibility index (Phi) is 5.04. The van der Waals surface area contributed by atoms with E-state index in [0.717, 1.165) is 12.0 Å². The predicted molar refractivity (Wildman–Crippen MR) is 82.3 cm³/mol. The Bertz CT molecular complexity index is 572. The summed E-state index contributed by atoms with van der Waals surface area (Å²) in [5, 5.41) is 9.01. The van der Waals surface area contributed by atoms with Crippen LogP contribution in [0.5, 0.6) is 0 Å². The molecule has 0 radical (unpaired) electrons. The van der Waals surface area contributed by atoms with Gasteiger partial charge < -0.3 is 14.4 Å². The molecular formula is C17H22N2O3. The van der Waals surface area contributed by atoms with E-state index in [1.165, 1.54) is 0 Å². The monoisotopic (exact) mass is 302 g/mol. The second-order valence-corrected chi connectivity index (χ2v) is 6.38. The summed E-state index contributed by atoms with van der Waals surface area (Å²) < 4.78 is 11.3. The first-order valence-corrected chi connectivity index (χ1v) is 7.48. The highest BCUT2D eigenvalue weighted by molar-refractivity contribution is 5.68. The molecule has 0 N–H and O–H groups in total. The summed E-state index contributed by atoms with van der Waals surface area (Å²) in [6.45, 7) is 7.20. The van der Waals surface area contributed by atoms with Crippen molar-refractivity contribution in [2.24, 2.45) is 0 Å². The van der Waals surface area contributed by atoms with Crippen LogP contribution in [-0.2, 0) is 9.47 Å². The van der Waals surface area contributed by atoms with Crippen molar-refractivity contribution >= 4 is 6.09 Å². The zero-order valence-electron chi connectivity index (χ0n) is 13.3. The fourth-order valence-electron chi connectivity index (χ4n) is 2.33. The minimum absolute atomic E-state index is 0.233. The normalized spacial score (nSPS) is 19.2. The smallest absolute Gasteiger partial charge is 0.410 e. The van der Waals surface area contributed by atoms with Crippen LogP contribution < -0.4 is 0 Å². The van der Waals surface area contributed by atoms with Gasteiger partial charge in [0.1, 0.15) is 11.7 Å². The Hall–Kier alpha value is -2.06. The van der Waals surface area contributed by atoms with Crippen LogP contribution in [0.15, 0.2) is 24.3 Å². The van der Waals surface area contributed by atoms with Gasteiger partial charge in [-0.1, -0.05) is 12.1 Å². The van der Waals surface area contributed by atoms with Crippen molar-refractivity contribution < 1.29 is 14.3 Å². The molecule has 22 heavy (non-hydrogen) atoms. The molecule has 0 unspecified atom stereocenters. The third-order valence-electron chi connectivity index (χ3n) is 3.32. The summed E-state index contributed by atoms with van der Waals surface area (Å²) in [5.74, 6) is 0. The molecule has 1 aromatic rings. The quantitative estimate of drug-likeness (QED) is 0.799. The number of nitrogens with zero attached hydrogens (tertiary/aromatic N) is 2. The van der Waals surface area contributed by atoms with E-state index >= 15 is 0 Å². The largest absolute Gasteiger partial charge is 0.444 e. The van der Waals surface area contributed by atoms with Crippen LogP contribution >= 0.6 is 0 Å². The Morgan fingerprint density at radius 3 is 2.91 bits per heavy atom. The summed E-state index contributed by atoms with van der Waals surface area (Å²) in [7, 11) is 0. The number of hydrogen-bond acceptors (Lipinski definition) is 4. The van der Waals surface area contributed by atoms with Crippen molar-refractivity contribution in [3.8, 4) is 6.07 Å². The lowest BCUT2D eigenvalue weighted by Gasteiger charge is -2.28. The van der Waals surface area contributed by atoms with Crippen molar-refractivity contribution in [2.45, 2.75) is 38.9 Å². The van der Waals surface area contributed by atoms with Crippen LogP contribution in [0.1, 0.15) is 44.4 Å². The van der Waals surface area contributed by atoms with Gasteiger partial charge in [0.25, 0.3) is 0 Å². The molecule has 5 nitrogen and oxygen atoms in total. The molecule has 1 atom stereocenters. The zero-order chi connectivity index (χ0) is 16.2. The predicted octanol–water partition coefficient (Wildman–Crippen LogP) is 3.26. The third kappa shape index (κ3) is 4.47. The van der Waals surface area contributed by atoms with Crippen molar-refractivity contribution in [3.05, 3.63) is 35.4 Å². The summed E-state index contributed by atoms with van der Waals surface area (Å²) in [6, 6.07) is 9.44. The average molecular weight is 302 g/mol.